The summed E-state index contributed by atoms with van der Waals surface area (Å²) in [6, 6.07) is 13.9. The summed E-state index contributed by atoms with van der Waals surface area (Å²) in [5, 5.41) is 20.2. The molecule has 2 aromatic carbocycles. The van der Waals surface area contributed by atoms with Crippen LogP contribution in [0.2, 0.25) is 0 Å². The second kappa shape index (κ2) is 13.1. The molecule has 0 aliphatic heterocycles. The molecular weight excluding hydrogens is 510 g/mol. The number of hydrazine groups is 1. The monoisotopic (exact) mass is 541 g/mol. The van der Waals surface area contributed by atoms with Crippen molar-refractivity contribution in [1.82, 2.24) is 5.01 Å². The molecule has 0 saturated carbocycles. The molecule has 0 aliphatic carbocycles. The van der Waals surface area contributed by atoms with Gasteiger partial charge < -0.3 is 30.4 Å². The van der Waals surface area contributed by atoms with Crippen molar-refractivity contribution in [1.29, 1.82) is 0 Å². The van der Waals surface area contributed by atoms with E-state index in [0.717, 1.165) is 27.8 Å². The summed E-state index contributed by atoms with van der Waals surface area (Å²) in [4.78, 5) is 0. The number of halogens is 2. The van der Waals surface area contributed by atoms with E-state index in [-0.39, 0.29) is 30.9 Å². The van der Waals surface area contributed by atoms with Crippen molar-refractivity contribution in [3.8, 4) is 11.5 Å². The maximum absolute atomic E-state index is 10.1. The summed E-state index contributed by atoms with van der Waals surface area (Å²) in [6.45, 7) is 4.78. The molecule has 0 spiro atoms. The van der Waals surface area contributed by atoms with E-state index in [9.17, 15) is 5.11 Å². The fourth-order valence-corrected chi connectivity index (χ4v) is 3.78. The third kappa shape index (κ3) is 8.39. The average molecular weight is 543 g/mol. The Balaban J connectivity index is 1.98. The van der Waals surface area contributed by atoms with Gasteiger partial charge in [0.1, 0.15) is 24.2 Å². The normalized spacial score (nSPS) is 13.0. The van der Waals surface area contributed by atoms with Gasteiger partial charge in [0.25, 0.3) is 0 Å². The number of nitrogens with zero attached hydrogens (tertiary/aromatic N) is 1. The molecule has 0 aromatic heterocycles. The Morgan fingerprint density at radius 2 is 1.85 bits per heavy atom. The number of aliphatic hydroxyl groups excluding tert-OH is 2. The zero-order valence-corrected chi connectivity index (χ0v) is 21.3. The van der Waals surface area contributed by atoms with Gasteiger partial charge in [-0.1, -0.05) is 32.0 Å². The SMILES string of the molecule is CC(C)(c1ccc(OCC(O)CN(N)/C=C(\N)CO)cc1)c1ccc(OCCCCl)c(Br)c1. The molecule has 0 aliphatic rings. The highest BCUT2D eigenvalue weighted by atomic mass is 79.9. The molecule has 33 heavy (non-hydrogen) atoms. The van der Waals surface area contributed by atoms with E-state index >= 15 is 0 Å². The number of nitrogens with two attached hydrogens (primary N) is 2. The summed E-state index contributed by atoms with van der Waals surface area (Å²) in [6.07, 6.45) is 1.35. The van der Waals surface area contributed by atoms with E-state index < -0.39 is 6.10 Å². The van der Waals surface area contributed by atoms with Crippen LogP contribution in [0.1, 0.15) is 31.4 Å². The molecular formula is C24H33BrClN3O4. The summed E-state index contributed by atoms with van der Waals surface area (Å²) < 4.78 is 12.4. The highest BCUT2D eigenvalue weighted by Gasteiger charge is 2.24. The Labute approximate surface area is 209 Å². The van der Waals surface area contributed by atoms with Gasteiger partial charge in [-0.3, -0.25) is 0 Å². The molecule has 9 heteroatoms. The zero-order chi connectivity index (χ0) is 24.4. The number of alkyl halides is 1. The fourth-order valence-electron chi connectivity index (χ4n) is 3.17. The fraction of sp³-hybridized carbons (Fsp3) is 0.417. The molecule has 0 radical (unpaired) electrons. The standard InChI is InChI=1S/C24H33BrClN3O4/c1-24(2,18-6-9-23(22(25)12-18)32-11-3-10-26)17-4-7-21(8-5-17)33-16-20(31)14-29(28)13-19(27)15-30/h4-9,12-13,20,30-31H,3,10-11,14-16,27-28H2,1-2H3/b19-13-. The van der Waals surface area contributed by atoms with Gasteiger partial charge >= 0.3 is 0 Å². The molecule has 2 rings (SSSR count). The molecule has 0 bridgehead atoms. The van der Waals surface area contributed by atoms with Gasteiger partial charge in [0.15, 0.2) is 0 Å². The predicted octanol–water partition coefficient (Wildman–Crippen LogP) is 3.49. The second-order valence-corrected chi connectivity index (χ2v) is 9.44. The smallest absolute Gasteiger partial charge is 0.133 e. The van der Waals surface area contributed by atoms with Crippen LogP contribution in [0.5, 0.6) is 11.5 Å². The number of hydrogen-bond donors (Lipinski definition) is 4. The first kappa shape index (κ1) is 27.3. The maximum atomic E-state index is 10.1. The number of ether oxygens (including phenoxy) is 2. The van der Waals surface area contributed by atoms with Gasteiger partial charge in [-0.15, -0.1) is 11.6 Å². The van der Waals surface area contributed by atoms with Crippen LogP contribution < -0.4 is 21.1 Å². The summed E-state index contributed by atoms with van der Waals surface area (Å²) in [5.41, 5.74) is 7.74. The second-order valence-electron chi connectivity index (χ2n) is 8.21. The third-order valence-corrected chi connectivity index (χ3v) is 6.03. The van der Waals surface area contributed by atoms with Gasteiger partial charge in [-0.2, -0.15) is 0 Å². The van der Waals surface area contributed by atoms with E-state index in [4.69, 9.17) is 37.8 Å². The van der Waals surface area contributed by atoms with Crippen LogP contribution in [-0.4, -0.2) is 53.6 Å². The van der Waals surface area contributed by atoms with Crippen LogP contribution in [0.3, 0.4) is 0 Å². The molecule has 0 saturated heterocycles. The number of rotatable bonds is 13. The molecule has 0 amide bonds. The quantitative estimate of drug-likeness (QED) is 0.133. The largest absolute Gasteiger partial charge is 0.492 e. The van der Waals surface area contributed by atoms with Crippen LogP contribution in [0, 0.1) is 0 Å². The minimum atomic E-state index is -0.823. The van der Waals surface area contributed by atoms with Crippen molar-refractivity contribution in [2.45, 2.75) is 31.8 Å². The van der Waals surface area contributed by atoms with Crippen molar-refractivity contribution >= 4 is 27.5 Å². The van der Waals surface area contributed by atoms with Gasteiger partial charge in [0.05, 0.1) is 29.9 Å². The van der Waals surface area contributed by atoms with E-state index in [1.807, 2.05) is 30.3 Å². The molecule has 7 nitrogen and oxygen atoms in total. The Bertz CT molecular complexity index is 909. The van der Waals surface area contributed by atoms with Crippen molar-refractivity contribution in [3.63, 3.8) is 0 Å². The van der Waals surface area contributed by atoms with Gasteiger partial charge in [-0.05, 0) is 57.7 Å². The van der Waals surface area contributed by atoms with Crippen LogP contribution in [0.15, 0.2) is 58.8 Å². The van der Waals surface area contributed by atoms with Gasteiger partial charge in [0, 0.05) is 17.5 Å². The van der Waals surface area contributed by atoms with Crippen molar-refractivity contribution in [2.24, 2.45) is 11.6 Å². The number of hydrogen-bond acceptors (Lipinski definition) is 7. The summed E-state index contributed by atoms with van der Waals surface area (Å²) >= 11 is 9.32. The predicted molar refractivity (Wildman–Crippen MR) is 135 cm³/mol. The lowest BCUT2D eigenvalue weighted by atomic mass is 9.78. The number of aliphatic hydroxyl groups is 2. The lowest BCUT2D eigenvalue weighted by Gasteiger charge is -2.27. The van der Waals surface area contributed by atoms with E-state index in [0.29, 0.717) is 18.2 Å². The lowest BCUT2D eigenvalue weighted by Crippen LogP contribution is -2.37. The highest BCUT2D eigenvalue weighted by Crippen LogP contribution is 2.36. The Morgan fingerprint density at radius 3 is 2.45 bits per heavy atom. The van der Waals surface area contributed by atoms with Gasteiger partial charge in [-0.25, -0.2) is 5.84 Å². The Hall–Kier alpha value is -1.97. The third-order valence-electron chi connectivity index (χ3n) is 5.14. The lowest BCUT2D eigenvalue weighted by molar-refractivity contribution is 0.0815. The average Bonchev–Trinajstić information content (AvgIpc) is 2.78. The first-order valence-corrected chi connectivity index (χ1v) is 12.0. The zero-order valence-electron chi connectivity index (χ0n) is 19.0. The first-order chi connectivity index (χ1) is 15.7. The summed E-state index contributed by atoms with van der Waals surface area (Å²) in [7, 11) is 0. The van der Waals surface area contributed by atoms with Crippen molar-refractivity contribution < 1.29 is 19.7 Å². The molecule has 2 aromatic rings. The Morgan fingerprint density at radius 1 is 1.18 bits per heavy atom. The summed E-state index contributed by atoms with van der Waals surface area (Å²) in [5.74, 6) is 7.74. The van der Waals surface area contributed by atoms with Crippen molar-refractivity contribution in [3.05, 3.63) is 70.0 Å². The van der Waals surface area contributed by atoms with E-state index in [1.165, 1.54) is 11.2 Å². The molecule has 0 heterocycles. The molecule has 1 atom stereocenters. The van der Waals surface area contributed by atoms with Crippen LogP contribution in [-0.2, 0) is 5.41 Å². The van der Waals surface area contributed by atoms with Crippen molar-refractivity contribution in [2.75, 3.05) is 32.2 Å². The Kier molecular flexibility index (Phi) is 10.8. The minimum absolute atomic E-state index is 0.0709. The topological polar surface area (TPSA) is 114 Å². The number of benzene rings is 2. The first-order valence-electron chi connectivity index (χ1n) is 10.7. The minimum Gasteiger partial charge on any atom is -0.492 e. The van der Waals surface area contributed by atoms with E-state index in [2.05, 4.69) is 41.9 Å². The van der Waals surface area contributed by atoms with E-state index in [1.54, 1.807) is 0 Å². The molecule has 0 fully saturated rings. The molecule has 182 valence electrons. The van der Waals surface area contributed by atoms with Crippen LogP contribution in [0.4, 0.5) is 0 Å². The maximum Gasteiger partial charge on any atom is 0.133 e. The van der Waals surface area contributed by atoms with Gasteiger partial charge in [0.2, 0.25) is 0 Å². The van der Waals surface area contributed by atoms with Crippen LogP contribution in [0.25, 0.3) is 0 Å². The highest BCUT2D eigenvalue weighted by molar-refractivity contribution is 9.10. The molecule has 6 N–H and O–H groups in total. The van der Waals surface area contributed by atoms with Crippen LogP contribution >= 0.6 is 27.5 Å². The molecule has 1 unspecified atom stereocenters.